The van der Waals surface area contributed by atoms with E-state index in [2.05, 4.69) is 9.97 Å². The van der Waals surface area contributed by atoms with Gasteiger partial charge in [0.2, 0.25) is 0 Å². The zero-order chi connectivity index (χ0) is 15.4. The van der Waals surface area contributed by atoms with Gasteiger partial charge in [-0.05, 0) is 23.8 Å². The first-order valence-electron chi connectivity index (χ1n) is 6.79. The number of aromatic amines is 1. The SMILES string of the molecule is N#CC(=C(O)C=Cc1ccccc1)c1nc2ccccc2[nH]1. The van der Waals surface area contributed by atoms with Gasteiger partial charge in [-0.15, -0.1) is 0 Å². The van der Waals surface area contributed by atoms with Crippen LogP contribution >= 0.6 is 0 Å². The van der Waals surface area contributed by atoms with Crippen molar-refractivity contribution in [1.29, 1.82) is 5.26 Å². The minimum Gasteiger partial charge on any atom is -0.506 e. The Morgan fingerprint density at radius 2 is 1.82 bits per heavy atom. The Kier molecular flexibility index (Phi) is 3.71. The number of rotatable bonds is 3. The fourth-order valence-electron chi connectivity index (χ4n) is 2.13. The van der Waals surface area contributed by atoms with Crippen molar-refractivity contribution in [3.63, 3.8) is 0 Å². The summed E-state index contributed by atoms with van der Waals surface area (Å²) >= 11 is 0. The molecule has 0 saturated heterocycles. The minimum absolute atomic E-state index is 0.114. The number of nitriles is 1. The van der Waals surface area contributed by atoms with Gasteiger partial charge in [0.15, 0.2) is 5.82 Å². The van der Waals surface area contributed by atoms with E-state index in [1.165, 1.54) is 6.08 Å². The van der Waals surface area contributed by atoms with Crippen LogP contribution in [0.3, 0.4) is 0 Å². The lowest BCUT2D eigenvalue weighted by molar-refractivity contribution is 0.436. The maximum atomic E-state index is 10.2. The van der Waals surface area contributed by atoms with E-state index in [1.54, 1.807) is 6.08 Å². The van der Waals surface area contributed by atoms with Crippen LogP contribution in [-0.4, -0.2) is 15.1 Å². The molecular weight excluding hydrogens is 274 g/mol. The zero-order valence-corrected chi connectivity index (χ0v) is 11.7. The molecule has 2 aromatic carbocycles. The molecule has 0 unspecified atom stereocenters. The first-order chi connectivity index (χ1) is 10.8. The predicted molar refractivity (Wildman–Crippen MR) is 86.7 cm³/mol. The van der Waals surface area contributed by atoms with Crippen LogP contribution in [0.2, 0.25) is 0 Å². The van der Waals surface area contributed by atoms with E-state index < -0.39 is 0 Å². The molecular formula is C18H13N3O. The van der Waals surface area contributed by atoms with Crippen LogP contribution in [0.15, 0.2) is 66.4 Å². The highest BCUT2D eigenvalue weighted by Gasteiger charge is 2.11. The minimum atomic E-state index is -0.120. The molecule has 3 aromatic rings. The number of nitrogens with one attached hydrogen (secondary N) is 1. The molecule has 22 heavy (non-hydrogen) atoms. The molecule has 3 rings (SSSR count). The van der Waals surface area contributed by atoms with Gasteiger partial charge in [0.1, 0.15) is 17.4 Å². The summed E-state index contributed by atoms with van der Waals surface area (Å²) in [6.07, 6.45) is 3.25. The van der Waals surface area contributed by atoms with E-state index in [1.807, 2.05) is 60.7 Å². The first-order valence-corrected chi connectivity index (χ1v) is 6.79. The standard InChI is InChI=1S/C18H13N3O/c19-12-14(17(22)11-10-13-6-2-1-3-7-13)18-20-15-8-4-5-9-16(15)21-18/h1-11,22H,(H,20,21). The lowest BCUT2D eigenvalue weighted by atomic mass is 10.1. The number of hydrogen-bond donors (Lipinski definition) is 2. The Hall–Kier alpha value is -3.32. The van der Waals surface area contributed by atoms with E-state index in [9.17, 15) is 10.4 Å². The zero-order valence-electron chi connectivity index (χ0n) is 11.7. The average Bonchev–Trinajstić information content (AvgIpc) is 2.98. The van der Waals surface area contributed by atoms with Gasteiger partial charge in [-0.1, -0.05) is 48.5 Å². The lowest BCUT2D eigenvalue weighted by Gasteiger charge is -1.97. The van der Waals surface area contributed by atoms with Crippen LogP contribution in [0, 0.1) is 11.3 Å². The largest absolute Gasteiger partial charge is 0.506 e. The van der Waals surface area contributed by atoms with Crippen LogP contribution in [0.5, 0.6) is 0 Å². The van der Waals surface area contributed by atoms with Gasteiger partial charge < -0.3 is 10.1 Å². The van der Waals surface area contributed by atoms with Gasteiger partial charge in [0.25, 0.3) is 0 Å². The highest BCUT2D eigenvalue weighted by atomic mass is 16.3. The van der Waals surface area contributed by atoms with Gasteiger partial charge in [-0.3, -0.25) is 0 Å². The molecule has 0 saturated carbocycles. The molecule has 0 aliphatic carbocycles. The summed E-state index contributed by atoms with van der Waals surface area (Å²) in [5.74, 6) is 0.240. The summed E-state index contributed by atoms with van der Waals surface area (Å²) in [6.45, 7) is 0. The Morgan fingerprint density at radius 3 is 2.55 bits per heavy atom. The number of nitrogens with zero attached hydrogens (tertiary/aromatic N) is 2. The van der Waals surface area contributed by atoms with Gasteiger partial charge in [-0.2, -0.15) is 5.26 Å². The van der Waals surface area contributed by atoms with Crippen molar-refractivity contribution in [2.24, 2.45) is 0 Å². The molecule has 2 N–H and O–H groups in total. The Balaban J connectivity index is 1.98. The van der Waals surface area contributed by atoms with Crippen LogP contribution in [0.1, 0.15) is 11.4 Å². The van der Waals surface area contributed by atoms with Gasteiger partial charge >= 0.3 is 0 Å². The second-order valence-corrected chi connectivity index (χ2v) is 4.72. The molecule has 1 heterocycles. The molecule has 1 aromatic heterocycles. The number of aromatic nitrogens is 2. The molecule has 0 fully saturated rings. The molecule has 0 radical (unpaired) electrons. The van der Waals surface area contributed by atoms with Gasteiger partial charge in [0.05, 0.1) is 11.0 Å². The summed E-state index contributed by atoms with van der Waals surface area (Å²) in [4.78, 5) is 7.37. The molecule has 0 atom stereocenters. The maximum Gasteiger partial charge on any atom is 0.152 e. The quantitative estimate of drug-likeness (QED) is 0.433. The Labute approximate surface area is 127 Å². The first kappa shape index (κ1) is 13.7. The molecule has 0 aliphatic rings. The molecule has 4 heteroatoms. The van der Waals surface area contributed by atoms with E-state index in [0.717, 1.165) is 16.6 Å². The van der Waals surface area contributed by atoms with E-state index in [4.69, 9.17) is 0 Å². The normalized spacial score (nSPS) is 12.3. The third-order valence-electron chi connectivity index (χ3n) is 3.23. The number of aliphatic hydroxyl groups is 1. The number of aliphatic hydroxyl groups excluding tert-OH is 1. The second kappa shape index (κ2) is 5.98. The van der Waals surface area contributed by atoms with Gasteiger partial charge in [-0.25, -0.2) is 4.98 Å². The van der Waals surface area contributed by atoms with Crippen molar-refractivity contribution in [3.05, 3.63) is 77.8 Å². The third-order valence-corrected chi connectivity index (χ3v) is 3.23. The number of imidazole rings is 1. The number of H-pyrrole nitrogens is 1. The molecule has 0 bridgehead atoms. The van der Waals surface area contributed by atoms with Crippen molar-refractivity contribution in [3.8, 4) is 6.07 Å². The topological polar surface area (TPSA) is 72.7 Å². The summed E-state index contributed by atoms with van der Waals surface area (Å²) in [6, 6.07) is 19.0. The number of hydrogen-bond acceptors (Lipinski definition) is 3. The second-order valence-electron chi connectivity index (χ2n) is 4.72. The van der Waals surface area contributed by atoms with Crippen molar-refractivity contribution < 1.29 is 5.11 Å². The van der Waals surface area contributed by atoms with Gasteiger partial charge in [0, 0.05) is 0 Å². The van der Waals surface area contributed by atoms with E-state index in [-0.39, 0.29) is 11.3 Å². The highest BCUT2D eigenvalue weighted by molar-refractivity contribution is 5.83. The highest BCUT2D eigenvalue weighted by Crippen LogP contribution is 2.19. The summed E-state index contributed by atoms with van der Waals surface area (Å²) in [7, 11) is 0. The summed E-state index contributed by atoms with van der Waals surface area (Å²) < 4.78 is 0. The van der Waals surface area contributed by atoms with Crippen molar-refractivity contribution >= 4 is 22.7 Å². The molecule has 0 spiro atoms. The third kappa shape index (κ3) is 2.74. The van der Waals surface area contributed by atoms with Crippen LogP contribution in [0.25, 0.3) is 22.7 Å². The number of fused-ring (bicyclic) bond motifs is 1. The smallest absolute Gasteiger partial charge is 0.152 e. The van der Waals surface area contributed by atoms with Crippen molar-refractivity contribution in [1.82, 2.24) is 9.97 Å². The van der Waals surface area contributed by atoms with Crippen LogP contribution in [0.4, 0.5) is 0 Å². The van der Waals surface area contributed by atoms with Crippen LogP contribution < -0.4 is 0 Å². The van der Waals surface area contributed by atoms with Crippen molar-refractivity contribution in [2.45, 2.75) is 0 Å². The molecule has 0 aliphatic heterocycles. The molecule has 4 nitrogen and oxygen atoms in total. The lowest BCUT2D eigenvalue weighted by Crippen LogP contribution is -1.89. The summed E-state index contributed by atoms with van der Waals surface area (Å²) in [5, 5.41) is 19.5. The summed E-state index contributed by atoms with van der Waals surface area (Å²) in [5.41, 5.74) is 2.63. The fraction of sp³-hybridized carbons (Fsp3) is 0. The maximum absolute atomic E-state index is 10.2. The van der Waals surface area contributed by atoms with E-state index >= 15 is 0 Å². The van der Waals surface area contributed by atoms with Crippen molar-refractivity contribution in [2.75, 3.05) is 0 Å². The fourth-order valence-corrected chi connectivity index (χ4v) is 2.13. The number of allylic oxidation sites excluding steroid dienone is 2. The Bertz CT molecular complexity index is 866. The van der Waals surface area contributed by atoms with E-state index in [0.29, 0.717) is 5.82 Å². The average molecular weight is 287 g/mol. The number of benzene rings is 2. The predicted octanol–water partition coefficient (Wildman–Crippen LogP) is 4.07. The molecule has 106 valence electrons. The number of para-hydroxylation sites is 2. The van der Waals surface area contributed by atoms with Crippen LogP contribution in [-0.2, 0) is 0 Å². The molecule has 0 amide bonds. The monoisotopic (exact) mass is 287 g/mol. The Morgan fingerprint density at radius 1 is 1.09 bits per heavy atom.